The molecular formula is C15H12ClF3N4. The molecule has 3 rings (SSSR count). The third kappa shape index (κ3) is 3.10. The van der Waals surface area contributed by atoms with Gasteiger partial charge in [-0.25, -0.2) is 9.97 Å². The van der Waals surface area contributed by atoms with E-state index in [2.05, 4.69) is 20.3 Å². The van der Waals surface area contributed by atoms with E-state index in [0.29, 0.717) is 21.8 Å². The van der Waals surface area contributed by atoms with Crippen LogP contribution in [0.15, 0.2) is 24.3 Å². The van der Waals surface area contributed by atoms with Gasteiger partial charge in [0.1, 0.15) is 11.5 Å². The van der Waals surface area contributed by atoms with Crippen LogP contribution in [-0.4, -0.2) is 15.0 Å². The van der Waals surface area contributed by atoms with Gasteiger partial charge >= 0.3 is 6.18 Å². The Balaban J connectivity index is 2.17. The van der Waals surface area contributed by atoms with E-state index in [1.807, 2.05) is 6.92 Å². The molecule has 0 spiro atoms. The second-order valence-electron chi connectivity index (χ2n) is 5.19. The number of hydrogen-bond donors (Lipinski definition) is 2. The normalized spacial score (nSPS) is 11.9. The molecule has 0 saturated heterocycles. The van der Waals surface area contributed by atoms with Crippen molar-refractivity contribution >= 4 is 34.1 Å². The van der Waals surface area contributed by atoms with E-state index in [0.717, 1.165) is 5.56 Å². The highest BCUT2D eigenvalue weighted by Crippen LogP contribution is 2.32. The minimum Gasteiger partial charge on any atom is -0.343 e. The molecule has 0 bridgehead atoms. The highest BCUT2D eigenvalue weighted by molar-refractivity contribution is 6.30. The van der Waals surface area contributed by atoms with Gasteiger partial charge in [-0.05, 0) is 37.6 Å². The molecule has 3 aromatic rings. The van der Waals surface area contributed by atoms with Gasteiger partial charge in [-0.2, -0.15) is 13.2 Å². The fourth-order valence-electron chi connectivity index (χ4n) is 2.22. The van der Waals surface area contributed by atoms with Crippen molar-refractivity contribution in [3.05, 3.63) is 46.4 Å². The number of benzene rings is 1. The van der Waals surface area contributed by atoms with Crippen molar-refractivity contribution in [3.63, 3.8) is 0 Å². The van der Waals surface area contributed by atoms with Crippen molar-refractivity contribution in [2.24, 2.45) is 0 Å². The van der Waals surface area contributed by atoms with Gasteiger partial charge in [0.05, 0.1) is 5.39 Å². The van der Waals surface area contributed by atoms with Crippen LogP contribution in [0.2, 0.25) is 5.02 Å². The number of hydrogen-bond acceptors (Lipinski definition) is 3. The van der Waals surface area contributed by atoms with Crippen LogP contribution in [0.25, 0.3) is 11.0 Å². The quantitative estimate of drug-likeness (QED) is 0.691. The monoisotopic (exact) mass is 340 g/mol. The molecule has 4 nitrogen and oxygen atoms in total. The molecule has 120 valence electrons. The number of aryl methyl sites for hydroxylation is 2. The van der Waals surface area contributed by atoms with E-state index in [9.17, 15) is 13.2 Å². The Kier molecular flexibility index (Phi) is 3.68. The summed E-state index contributed by atoms with van der Waals surface area (Å²) in [4.78, 5) is 10.00. The molecule has 0 aliphatic heterocycles. The maximum atomic E-state index is 13.0. The smallest absolute Gasteiger partial charge is 0.343 e. The summed E-state index contributed by atoms with van der Waals surface area (Å²) in [6.07, 6.45) is -4.63. The van der Waals surface area contributed by atoms with Crippen LogP contribution in [0, 0.1) is 13.8 Å². The van der Waals surface area contributed by atoms with Gasteiger partial charge in [-0.15, -0.1) is 0 Å². The lowest BCUT2D eigenvalue weighted by Gasteiger charge is -2.12. The van der Waals surface area contributed by atoms with Crippen molar-refractivity contribution in [3.8, 4) is 0 Å². The van der Waals surface area contributed by atoms with Crippen LogP contribution < -0.4 is 5.32 Å². The van der Waals surface area contributed by atoms with Crippen molar-refractivity contribution in [2.75, 3.05) is 5.32 Å². The zero-order chi connectivity index (χ0) is 16.8. The van der Waals surface area contributed by atoms with Gasteiger partial charge in [-0.3, -0.25) is 0 Å². The standard InChI is InChI=1S/C15H12ClF3N4/c1-7-3-4-9(16)6-11(7)21-13-10-5-8(2)20-12(10)22-14(23-13)15(17,18)19/h3-6H,1-2H3,(H2,20,21,22,23). The summed E-state index contributed by atoms with van der Waals surface area (Å²) >= 11 is 5.95. The number of nitrogens with zero attached hydrogens (tertiary/aromatic N) is 2. The first-order chi connectivity index (χ1) is 10.7. The molecule has 8 heteroatoms. The first-order valence-electron chi connectivity index (χ1n) is 6.72. The van der Waals surface area contributed by atoms with Crippen LogP contribution in [0.3, 0.4) is 0 Å². The molecular weight excluding hydrogens is 329 g/mol. The fraction of sp³-hybridized carbons (Fsp3) is 0.200. The lowest BCUT2D eigenvalue weighted by molar-refractivity contribution is -0.144. The molecule has 2 heterocycles. The van der Waals surface area contributed by atoms with Crippen LogP contribution >= 0.6 is 11.6 Å². The van der Waals surface area contributed by atoms with Crippen LogP contribution in [0.1, 0.15) is 17.1 Å². The number of alkyl halides is 3. The lowest BCUT2D eigenvalue weighted by atomic mass is 10.2. The molecule has 0 atom stereocenters. The van der Waals surface area contributed by atoms with Gasteiger partial charge in [0.2, 0.25) is 5.82 Å². The predicted molar refractivity (Wildman–Crippen MR) is 83.1 cm³/mol. The Morgan fingerprint density at radius 3 is 2.57 bits per heavy atom. The highest BCUT2D eigenvalue weighted by atomic mass is 35.5. The molecule has 23 heavy (non-hydrogen) atoms. The average Bonchev–Trinajstić information content (AvgIpc) is 2.82. The topological polar surface area (TPSA) is 53.6 Å². The Labute approximate surface area is 134 Å². The van der Waals surface area contributed by atoms with E-state index in [-0.39, 0.29) is 11.5 Å². The number of rotatable bonds is 2. The molecule has 1 aromatic carbocycles. The number of fused-ring (bicyclic) bond motifs is 1. The number of aromatic nitrogens is 3. The molecule has 0 unspecified atom stereocenters. The summed E-state index contributed by atoms with van der Waals surface area (Å²) in [5.74, 6) is -1.12. The second kappa shape index (κ2) is 5.42. The van der Waals surface area contributed by atoms with E-state index in [1.165, 1.54) is 0 Å². The summed E-state index contributed by atoms with van der Waals surface area (Å²) in [5, 5.41) is 3.88. The maximum Gasteiger partial charge on any atom is 0.451 e. The summed E-state index contributed by atoms with van der Waals surface area (Å²) in [5.41, 5.74) is 2.25. The zero-order valence-corrected chi connectivity index (χ0v) is 13.0. The Morgan fingerprint density at radius 2 is 1.87 bits per heavy atom. The van der Waals surface area contributed by atoms with Crippen molar-refractivity contribution < 1.29 is 13.2 Å². The average molecular weight is 341 g/mol. The number of anilines is 2. The van der Waals surface area contributed by atoms with Gasteiger partial charge in [0.25, 0.3) is 0 Å². The summed E-state index contributed by atoms with van der Waals surface area (Å²) < 4.78 is 39.0. The third-order valence-electron chi connectivity index (χ3n) is 3.33. The molecule has 2 N–H and O–H groups in total. The van der Waals surface area contributed by atoms with Gasteiger partial charge < -0.3 is 10.3 Å². The number of halogens is 4. The van der Waals surface area contributed by atoms with Crippen LogP contribution in [0.5, 0.6) is 0 Å². The molecule has 0 amide bonds. The molecule has 2 aromatic heterocycles. The highest BCUT2D eigenvalue weighted by Gasteiger charge is 2.36. The number of H-pyrrole nitrogens is 1. The van der Waals surface area contributed by atoms with Gasteiger partial charge in [0, 0.05) is 16.4 Å². The largest absolute Gasteiger partial charge is 0.451 e. The third-order valence-corrected chi connectivity index (χ3v) is 3.56. The zero-order valence-electron chi connectivity index (χ0n) is 12.2. The second-order valence-corrected chi connectivity index (χ2v) is 5.63. The molecule has 0 saturated carbocycles. The minimum atomic E-state index is -4.63. The first-order valence-corrected chi connectivity index (χ1v) is 7.09. The summed E-state index contributed by atoms with van der Waals surface area (Å²) in [7, 11) is 0. The first kappa shape index (κ1) is 15.6. The van der Waals surface area contributed by atoms with Crippen molar-refractivity contribution in [1.82, 2.24) is 15.0 Å². The predicted octanol–water partition coefficient (Wildman–Crippen LogP) is 4.99. The maximum absolute atomic E-state index is 13.0. The van der Waals surface area contributed by atoms with Crippen molar-refractivity contribution in [1.29, 1.82) is 0 Å². The van der Waals surface area contributed by atoms with E-state index >= 15 is 0 Å². The molecule has 0 radical (unpaired) electrons. The Hall–Kier alpha value is -2.28. The van der Waals surface area contributed by atoms with E-state index < -0.39 is 12.0 Å². The molecule has 0 aliphatic carbocycles. The molecule has 0 aliphatic rings. The SMILES string of the molecule is Cc1cc2c(Nc3cc(Cl)ccc3C)nc(C(F)(F)F)nc2[nH]1. The fourth-order valence-corrected chi connectivity index (χ4v) is 2.39. The van der Waals surface area contributed by atoms with Gasteiger partial charge in [-0.1, -0.05) is 17.7 Å². The van der Waals surface area contributed by atoms with Crippen molar-refractivity contribution in [2.45, 2.75) is 20.0 Å². The van der Waals surface area contributed by atoms with Gasteiger partial charge in [0.15, 0.2) is 0 Å². The summed E-state index contributed by atoms with van der Waals surface area (Å²) in [6, 6.07) is 6.81. The summed E-state index contributed by atoms with van der Waals surface area (Å²) in [6.45, 7) is 3.56. The van der Waals surface area contributed by atoms with E-state index in [4.69, 9.17) is 11.6 Å². The van der Waals surface area contributed by atoms with Crippen LogP contribution in [0.4, 0.5) is 24.7 Å². The minimum absolute atomic E-state index is 0.0806. The Bertz CT molecular complexity index is 886. The number of aromatic amines is 1. The Morgan fingerprint density at radius 1 is 1.13 bits per heavy atom. The van der Waals surface area contributed by atoms with Crippen LogP contribution in [-0.2, 0) is 6.18 Å². The number of nitrogens with one attached hydrogen (secondary N) is 2. The lowest BCUT2D eigenvalue weighted by Crippen LogP contribution is -2.12. The molecule has 0 fully saturated rings. The van der Waals surface area contributed by atoms with E-state index in [1.54, 1.807) is 31.2 Å².